The van der Waals surface area contributed by atoms with E-state index in [1.807, 2.05) is 26.0 Å². The first kappa shape index (κ1) is 21.1. The van der Waals surface area contributed by atoms with Gasteiger partial charge in [0, 0.05) is 50.4 Å². The quantitative estimate of drug-likeness (QED) is 0.535. The van der Waals surface area contributed by atoms with Crippen molar-refractivity contribution in [1.29, 1.82) is 0 Å². The Bertz CT molecular complexity index is 757. The van der Waals surface area contributed by atoms with Gasteiger partial charge in [-0.3, -0.25) is 9.69 Å². The molecule has 1 fully saturated rings. The SMILES string of the molecule is CC(C)=C(C(=O)CCN1CCN(c2ccc(F)cc2)CC1)C1=C(S)CCCC1. The molecule has 0 unspecified atom stereocenters. The van der Waals surface area contributed by atoms with Gasteiger partial charge in [0.1, 0.15) is 5.82 Å². The molecule has 152 valence electrons. The molecular weight excluding hydrogens is 371 g/mol. The molecule has 0 bridgehead atoms. The van der Waals surface area contributed by atoms with Crippen LogP contribution in [0.15, 0.2) is 45.9 Å². The molecule has 1 saturated heterocycles. The summed E-state index contributed by atoms with van der Waals surface area (Å²) in [5.74, 6) is 0.0536. The number of allylic oxidation sites excluding steroid dienone is 4. The highest BCUT2D eigenvalue weighted by molar-refractivity contribution is 7.84. The van der Waals surface area contributed by atoms with Crippen LogP contribution in [0.3, 0.4) is 0 Å². The molecule has 2 aliphatic rings. The van der Waals surface area contributed by atoms with E-state index in [0.29, 0.717) is 6.42 Å². The van der Waals surface area contributed by atoms with Gasteiger partial charge in [0.25, 0.3) is 0 Å². The van der Waals surface area contributed by atoms with Gasteiger partial charge in [0.05, 0.1) is 0 Å². The number of hydrogen-bond acceptors (Lipinski definition) is 4. The zero-order chi connectivity index (χ0) is 20.1. The number of thiol groups is 1. The van der Waals surface area contributed by atoms with Crippen molar-refractivity contribution in [2.75, 3.05) is 37.6 Å². The topological polar surface area (TPSA) is 23.6 Å². The van der Waals surface area contributed by atoms with Crippen LogP contribution in [0.2, 0.25) is 0 Å². The minimum atomic E-state index is -0.201. The first-order chi connectivity index (χ1) is 13.5. The lowest BCUT2D eigenvalue weighted by molar-refractivity contribution is -0.115. The summed E-state index contributed by atoms with van der Waals surface area (Å²) in [6.45, 7) is 8.53. The maximum atomic E-state index is 13.1. The predicted molar refractivity (Wildman–Crippen MR) is 118 cm³/mol. The van der Waals surface area contributed by atoms with Gasteiger partial charge >= 0.3 is 0 Å². The molecule has 1 aliphatic carbocycles. The van der Waals surface area contributed by atoms with Gasteiger partial charge in [-0.2, -0.15) is 0 Å². The van der Waals surface area contributed by atoms with Crippen molar-refractivity contribution in [2.45, 2.75) is 46.0 Å². The average Bonchev–Trinajstić information content (AvgIpc) is 2.69. The second-order valence-electron chi connectivity index (χ2n) is 7.99. The van der Waals surface area contributed by atoms with Gasteiger partial charge in [-0.15, -0.1) is 12.6 Å². The Morgan fingerprint density at radius 2 is 1.68 bits per heavy atom. The van der Waals surface area contributed by atoms with Crippen molar-refractivity contribution >= 4 is 24.1 Å². The van der Waals surface area contributed by atoms with Gasteiger partial charge in [-0.25, -0.2) is 4.39 Å². The molecule has 0 spiro atoms. The summed E-state index contributed by atoms with van der Waals surface area (Å²) in [6, 6.07) is 6.69. The molecule has 1 aromatic carbocycles. The number of ketones is 1. The van der Waals surface area contributed by atoms with Crippen molar-refractivity contribution < 1.29 is 9.18 Å². The largest absolute Gasteiger partial charge is 0.369 e. The molecule has 0 N–H and O–H groups in total. The zero-order valence-electron chi connectivity index (χ0n) is 17.0. The third-order valence-electron chi connectivity index (χ3n) is 5.74. The van der Waals surface area contributed by atoms with Crippen LogP contribution in [0.4, 0.5) is 10.1 Å². The molecule has 5 heteroatoms. The summed E-state index contributed by atoms with van der Waals surface area (Å²) >= 11 is 4.66. The number of piperazine rings is 1. The van der Waals surface area contributed by atoms with Crippen molar-refractivity contribution in [3.05, 3.63) is 51.7 Å². The molecule has 28 heavy (non-hydrogen) atoms. The van der Waals surface area contributed by atoms with Crippen LogP contribution in [-0.2, 0) is 4.79 Å². The average molecular weight is 403 g/mol. The number of nitrogens with zero attached hydrogens (tertiary/aromatic N) is 2. The molecule has 0 aromatic heterocycles. The maximum absolute atomic E-state index is 13.1. The second kappa shape index (κ2) is 9.75. The number of carbonyl (C=O) groups excluding carboxylic acids is 1. The highest BCUT2D eigenvalue weighted by atomic mass is 32.1. The van der Waals surface area contributed by atoms with E-state index in [2.05, 4.69) is 22.4 Å². The number of carbonyl (C=O) groups is 1. The fraction of sp³-hybridized carbons (Fsp3) is 0.522. The standard InChI is InChI=1S/C23H31FN2OS/c1-17(2)23(20-5-3-4-6-22(20)28)21(27)11-12-25-13-15-26(16-14-25)19-9-7-18(24)8-10-19/h7-10,28H,3-6,11-16H2,1-2H3. The first-order valence-electron chi connectivity index (χ1n) is 10.3. The molecule has 1 aromatic rings. The molecule has 1 aliphatic heterocycles. The first-order valence-corrected chi connectivity index (χ1v) is 10.8. The Morgan fingerprint density at radius 3 is 2.29 bits per heavy atom. The summed E-state index contributed by atoms with van der Waals surface area (Å²) in [5.41, 5.74) is 4.28. The highest BCUT2D eigenvalue weighted by Crippen LogP contribution is 2.34. The van der Waals surface area contributed by atoms with Crippen LogP contribution in [0, 0.1) is 5.82 Å². The van der Waals surface area contributed by atoms with Gasteiger partial charge < -0.3 is 4.90 Å². The van der Waals surface area contributed by atoms with Crippen LogP contribution in [0.25, 0.3) is 0 Å². The zero-order valence-corrected chi connectivity index (χ0v) is 17.9. The Kier molecular flexibility index (Phi) is 7.36. The van der Waals surface area contributed by atoms with E-state index in [4.69, 9.17) is 0 Å². The third-order valence-corrected chi connectivity index (χ3v) is 6.23. The van der Waals surface area contributed by atoms with E-state index in [1.54, 1.807) is 0 Å². The van der Waals surface area contributed by atoms with E-state index in [0.717, 1.165) is 73.7 Å². The monoisotopic (exact) mass is 402 g/mol. The molecular formula is C23H31FN2OS. The fourth-order valence-electron chi connectivity index (χ4n) is 4.17. The minimum absolute atomic E-state index is 0.201. The van der Waals surface area contributed by atoms with E-state index < -0.39 is 0 Å². The van der Waals surface area contributed by atoms with Gasteiger partial charge in [0.2, 0.25) is 0 Å². The molecule has 1 heterocycles. The van der Waals surface area contributed by atoms with E-state index in [9.17, 15) is 9.18 Å². The molecule has 0 radical (unpaired) electrons. The number of hydrogen-bond donors (Lipinski definition) is 1. The highest BCUT2D eigenvalue weighted by Gasteiger charge is 2.23. The Morgan fingerprint density at radius 1 is 1.04 bits per heavy atom. The fourth-order valence-corrected chi connectivity index (χ4v) is 4.56. The normalized spacial score (nSPS) is 18.4. The summed E-state index contributed by atoms with van der Waals surface area (Å²) in [6.07, 6.45) is 4.84. The Hall–Kier alpha value is -1.59. The lowest BCUT2D eigenvalue weighted by Crippen LogP contribution is -2.47. The number of halogens is 1. The summed E-state index contributed by atoms with van der Waals surface area (Å²) in [7, 11) is 0. The van der Waals surface area contributed by atoms with Gasteiger partial charge in [-0.05, 0) is 74.3 Å². The lowest BCUT2D eigenvalue weighted by atomic mass is 9.87. The molecule has 0 amide bonds. The van der Waals surface area contributed by atoms with Crippen molar-refractivity contribution in [1.82, 2.24) is 4.90 Å². The van der Waals surface area contributed by atoms with Crippen LogP contribution < -0.4 is 4.90 Å². The molecule has 0 saturated carbocycles. The third kappa shape index (κ3) is 5.26. The van der Waals surface area contributed by atoms with Crippen LogP contribution >= 0.6 is 12.6 Å². The maximum Gasteiger partial charge on any atom is 0.164 e. The van der Waals surface area contributed by atoms with E-state index in [1.165, 1.54) is 24.1 Å². The Balaban J connectivity index is 1.53. The minimum Gasteiger partial charge on any atom is -0.369 e. The number of Topliss-reactive ketones (excluding diaryl/α,β-unsaturated/α-hetero) is 1. The molecule has 0 atom stereocenters. The van der Waals surface area contributed by atoms with Crippen LogP contribution in [0.1, 0.15) is 46.0 Å². The van der Waals surface area contributed by atoms with Gasteiger partial charge in [0.15, 0.2) is 5.78 Å². The van der Waals surface area contributed by atoms with Crippen molar-refractivity contribution in [3.63, 3.8) is 0 Å². The van der Waals surface area contributed by atoms with Crippen LogP contribution in [0.5, 0.6) is 0 Å². The lowest BCUT2D eigenvalue weighted by Gasteiger charge is -2.36. The van der Waals surface area contributed by atoms with Crippen molar-refractivity contribution in [2.24, 2.45) is 0 Å². The smallest absolute Gasteiger partial charge is 0.164 e. The predicted octanol–water partition coefficient (Wildman–Crippen LogP) is 5.00. The number of benzene rings is 1. The van der Waals surface area contributed by atoms with E-state index in [-0.39, 0.29) is 11.6 Å². The Labute approximate surface area is 173 Å². The van der Waals surface area contributed by atoms with Crippen molar-refractivity contribution in [3.8, 4) is 0 Å². The summed E-state index contributed by atoms with van der Waals surface area (Å²) < 4.78 is 13.1. The molecule has 3 rings (SSSR count). The number of rotatable bonds is 6. The summed E-state index contributed by atoms with van der Waals surface area (Å²) in [5, 5.41) is 0. The second-order valence-corrected chi connectivity index (χ2v) is 8.53. The molecule has 3 nitrogen and oxygen atoms in total. The number of anilines is 1. The van der Waals surface area contributed by atoms with Gasteiger partial charge in [-0.1, -0.05) is 5.57 Å². The summed E-state index contributed by atoms with van der Waals surface area (Å²) in [4.78, 5) is 18.7. The van der Waals surface area contributed by atoms with E-state index >= 15 is 0 Å². The van der Waals surface area contributed by atoms with Crippen LogP contribution in [-0.4, -0.2) is 43.4 Å².